The maximum absolute atomic E-state index is 12.2. The van der Waals surface area contributed by atoms with Gasteiger partial charge in [0.05, 0.1) is 0 Å². The molecule has 0 unspecified atom stereocenters. The lowest BCUT2D eigenvalue weighted by Gasteiger charge is -2.09. The Morgan fingerprint density at radius 2 is 1.72 bits per heavy atom. The average Bonchev–Trinajstić information content (AvgIpc) is 2.66. The summed E-state index contributed by atoms with van der Waals surface area (Å²) >= 11 is 0. The van der Waals surface area contributed by atoms with Crippen LogP contribution >= 0.6 is 0 Å². The predicted octanol–water partition coefficient (Wildman–Crippen LogP) is 6.18. The number of ether oxygens (including phenoxy) is 1. The van der Waals surface area contributed by atoms with Crippen LogP contribution in [0.2, 0.25) is 0 Å². The van der Waals surface area contributed by atoms with E-state index in [0.717, 1.165) is 36.1 Å². The summed E-state index contributed by atoms with van der Waals surface area (Å²) in [5.41, 5.74) is 1.87. The van der Waals surface area contributed by atoms with Crippen molar-refractivity contribution in [1.82, 2.24) is 0 Å². The zero-order valence-corrected chi connectivity index (χ0v) is 14.7. The SMILES string of the molecule is CCCCCC(=O)c1cccc(OCc2ccc3ccccc3c2)c1. The molecule has 0 atom stereocenters. The van der Waals surface area contributed by atoms with Crippen LogP contribution in [0.1, 0.15) is 48.5 Å². The fraction of sp³-hybridized carbons (Fsp3) is 0.261. The van der Waals surface area contributed by atoms with Crippen molar-refractivity contribution in [2.75, 3.05) is 0 Å². The van der Waals surface area contributed by atoms with Crippen molar-refractivity contribution >= 4 is 16.6 Å². The highest BCUT2D eigenvalue weighted by Crippen LogP contribution is 2.20. The number of rotatable bonds is 8. The minimum Gasteiger partial charge on any atom is -0.489 e. The third-order valence-electron chi connectivity index (χ3n) is 4.38. The lowest BCUT2D eigenvalue weighted by atomic mass is 10.0. The normalized spacial score (nSPS) is 10.8. The summed E-state index contributed by atoms with van der Waals surface area (Å²) < 4.78 is 5.91. The van der Waals surface area contributed by atoms with Crippen molar-refractivity contribution in [3.63, 3.8) is 0 Å². The van der Waals surface area contributed by atoms with Crippen LogP contribution in [0.3, 0.4) is 0 Å². The number of hydrogen-bond donors (Lipinski definition) is 0. The quantitative estimate of drug-likeness (QED) is 0.363. The highest BCUT2D eigenvalue weighted by Gasteiger charge is 2.07. The van der Waals surface area contributed by atoms with Gasteiger partial charge >= 0.3 is 0 Å². The molecule has 0 fully saturated rings. The van der Waals surface area contributed by atoms with Crippen LogP contribution in [0.4, 0.5) is 0 Å². The molecule has 0 spiro atoms. The summed E-state index contributed by atoms with van der Waals surface area (Å²) in [6.07, 6.45) is 3.80. The first-order valence-electron chi connectivity index (χ1n) is 9.00. The molecule has 0 aliphatic heterocycles. The van der Waals surface area contributed by atoms with Crippen LogP contribution in [0.5, 0.6) is 5.75 Å². The van der Waals surface area contributed by atoms with Gasteiger partial charge in [-0.2, -0.15) is 0 Å². The van der Waals surface area contributed by atoms with Crippen molar-refractivity contribution in [3.8, 4) is 5.75 Å². The van der Waals surface area contributed by atoms with E-state index in [4.69, 9.17) is 4.74 Å². The maximum Gasteiger partial charge on any atom is 0.163 e. The fourth-order valence-electron chi connectivity index (χ4n) is 2.93. The molecular formula is C23H24O2. The molecule has 3 rings (SSSR count). The van der Waals surface area contributed by atoms with Crippen LogP contribution in [0.15, 0.2) is 66.7 Å². The summed E-state index contributed by atoms with van der Waals surface area (Å²) in [4.78, 5) is 12.2. The number of Topliss-reactive ketones (excluding diaryl/α,β-unsaturated/α-hetero) is 1. The summed E-state index contributed by atoms with van der Waals surface area (Å²) in [6.45, 7) is 2.64. The van der Waals surface area contributed by atoms with Crippen LogP contribution in [0, 0.1) is 0 Å². The second kappa shape index (κ2) is 8.48. The average molecular weight is 332 g/mol. The Labute approximate surface area is 149 Å². The van der Waals surface area contributed by atoms with E-state index >= 15 is 0 Å². The summed E-state index contributed by atoms with van der Waals surface area (Å²) in [7, 11) is 0. The first-order chi connectivity index (χ1) is 12.3. The van der Waals surface area contributed by atoms with Gasteiger partial charge in [0.1, 0.15) is 12.4 Å². The van der Waals surface area contributed by atoms with E-state index in [2.05, 4.69) is 37.3 Å². The van der Waals surface area contributed by atoms with E-state index < -0.39 is 0 Å². The molecule has 0 amide bonds. The Morgan fingerprint density at radius 1 is 0.880 bits per heavy atom. The van der Waals surface area contributed by atoms with Gasteiger partial charge in [-0.05, 0) is 41.0 Å². The molecule has 0 heterocycles. The summed E-state index contributed by atoms with van der Waals surface area (Å²) in [6, 6.07) is 22.2. The number of hydrogen-bond acceptors (Lipinski definition) is 2. The van der Waals surface area contributed by atoms with Gasteiger partial charge in [0.15, 0.2) is 5.78 Å². The van der Waals surface area contributed by atoms with E-state index in [1.807, 2.05) is 36.4 Å². The smallest absolute Gasteiger partial charge is 0.163 e. The van der Waals surface area contributed by atoms with Crippen molar-refractivity contribution in [2.24, 2.45) is 0 Å². The number of carbonyl (C=O) groups excluding carboxylic acids is 1. The molecule has 0 aromatic heterocycles. The topological polar surface area (TPSA) is 26.3 Å². The standard InChI is InChI=1S/C23H24O2/c1-2-3-4-12-23(24)21-10-7-11-22(16-21)25-17-18-13-14-19-8-5-6-9-20(19)15-18/h5-11,13-16H,2-4,12,17H2,1H3. The number of ketones is 1. The van der Waals surface area contributed by atoms with Crippen LogP contribution in [0.25, 0.3) is 10.8 Å². The lowest BCUT2D eigenvalue weighted by molar-refractivity contribution is 0.0979. The van der Waals surface area contributed by atoms with Gasteiger partial charge in [-0.15, -0.1) is 0 Å². The molecule has 0 aliphatic carbocycles. The molecule has 0 saturated heterocycles. The second-order valence-electron chi connectivity index (χ2n) is 6.38. The minimum atomic E-state index is 0.199. The van der Waals surface area contributed by atoms with Gasteiger partial charge in [0.2, 0.25) is 0 Å². The molecule has 0 saturated carbocycles. The summed E-state index contributed by atoms with van der Waals surface area (Å²) in [5, 5.41) is 2.44. The van der Waals surface area contributed by atoms with Gasteiger partial charge in [-0.3, -0.25) is 4.79 Å². The zero-order chi connectivity index (χ0) is 17.5. The third-order valence-corrected chi connectivity index (χ3v) is 4.38. The van der Waals surface area contributed by atoms with Crippen molar-refractivity contribution in [3.05, 3.63) is 77.9 Å². The van der Waals surface area contributed by atoms with Crippen LogP contribution < -0.4 is 4.74 Å². The molecule has 0 aliphatic rings. The van der Waals surface area contributed by atoms with E-state index in [1.165, 1.54) is 10.8 Å². The molecule has 3 aromatic rings. The van der Waals surface area contributed by atoms with E-state index in [0.29, 0.717) is 13.0 Å². The Balaban J connectivity index is 1.64. The monoisotopic (exact) mass is 332 g/mol. The number of fused-ring (bicyclic) bond motifs is 1. The summed E-state index contributed by atoms with van der Waals surface area (Å²) in [5.74, 6) is 0.944. The first kappa shape index (κ1) is 17.2. The Bertz CT molecular complexity index is 851. The largest absolute Gasteiger partial charge is 0.489 e. The first-order valence-corrected chi connectivity index (χ1v) is 9.00. The molecule has 0 radical (unpaired) electrons. The highest BCUT2D eigenvalue weighted by atomic mass is 16.5. The van der Waals surface area contributed by atoms with E-state index in [1.54, 1.807) is 0 Å². The predicted molar refractivity (Wildman–Crippen MR) is 103 cm³/mol. The molecule has 2 heteroatoms. The van der Waals surface area contributed by atoms with E-state index in [-0.39, 0.29) is 5.78 Å². The van der Waals surface area contributed by atoms with Gasteiger partial charge in [-0.1, -0.05) is 68.3 Å². The molecule has 128 valence electrons. The Kier molecular flexibility index (Phi) is 5.84. The second-order valence-corrected chi connectivity index (χ2v) is 6.38. The van der Waals surface area contributed by atoms with Crippen LogP contribution in [-0.2, 0) is 6.61 Å². The van der Waals surface area contributed by atoms with Crippen molar-refractivity contribution in [2.45, 2.75) is 39.2 Å². The third kappa shape index (κ3) is 4.69. The number of carbonyl (C=O) groups is 1. The zero-order valence-electron chi connectivity index (χ0n) is 14.7. The van der Waals surface area contributed by atoms with Crippen molar-refractivity contribution < 1.29 is 9.53 Å². The number of unbranched alkanes of at least 4 members (excludes halogenated alkanes) is 2. The van der Waals surface area contributed by atoms with Crippen LogP contribution in [-0.4, -0.2) is 5.78 Å². The van der Waals surface area contributed by atoms with Crippen molar-refractivity contribution in [1.29, 1.82) is 0 Å². The fourth-order valence-corrected chi connectivity index (χ4v) is 2.93. The van der Waals surface area contributed by atoms with Gasteiger partial charge in [0, 0.05) is 12.0 Å². The van der Waals surface area contributed by atoms with Gasteiger partial charge in [0.25, 0.3) is 0 Å². The maximum atomic E-state index is 12.2. The molecule has 0 N–H and O–H groups in total. The Hall–Kier alpha value is -2.61. The van der Waals surface area contributed by atoms with Gasteiger partial charge < -0.3 is 4.74 Å². The minimum absolute atomic E-state index is 0.199. The molecular weight excluding hydrogens is 308 g/mol. The molecule has 25 heavy (non-hydrogen) atoms. The van der Waals surface area contributed by atoms with Gasteiger partial charge in [-0.25, -0.2) is 0 Å². The lowest BCUT2D eigenvalue weighted by Crippen LogP contribution is -2.01. The van der Waals surface area contributed by atoms with E-state index in [9.17, 15) is 4.79 Å². The molecule has 0 bridgehead atoms. The molecule has 3 aromatic carbocycles. The molecule has 2 nitrogen and oxygen atoms in total. The number of benzene rings is 3. The Morgan fingerprint density at radius 3 is 2.56 bits per heavy atom. The highest BCUT2D eigenvalue weighted by molar-refractivity contribution is 5.96.